The quantitative estimate of drug-likeness (QED) is 0.468. The van der Waals surface area contributed by atoms with Gasteiger partial charge < -0.3 is 18.8 Å². The maximum Gasteiger partial charge on any atom is 0.410 e. The summed E-state index contributed by atoms with van der Waals surface area (Å²) in [6, 6.07) is 2.69. The fourth-order valence-electron chi connectivity index (χ4n) is 3.76. The first-order valence-electron chi connectivity index (χ1n) is 9.35. The highest BCUT2D eigenvalue weighted by Gasteiger charge is 2.53. The van der Waals surface area contributed by atoms with Gasteiger partial charge in [0, 0.05) is 14.1 Å². The molecule has 0 unspecified atom stereocenters. The molecule has 0 bridgehead atoms. The van der Waals surface area contributed by atoms with Gasteiger partial charge in [-0.1, -0.05) is 20.8 Å². The number of carbonyl (C=O) groups is 2. The van der Waals surface area contributed by atoms with Crippen LogP contribution in [0.3, 0.4) is 0 Å². The first-order chi connectivity index (χ1) is 12.3. The maximum atomic E-state index is 12.4. The Kier molecular flexibility index (Phi) is 7.06. The summed E-state index contributed by atoms with van der Waals surface area (Å²) in [5.74, 6) is -0.186. The fourth-order valence-corrected chi connectivity index (χ4v) is 6.63. The van der Waals surface area contributed by atoms with Crippen molar-refractivity contribution in [3.05, 3.63) is 0 Å². The summed E-state index contributed by atoms with van der Waals surface area (Å²) < 4.78 is 18.1. The summed E-state index contributed by atoms with van der Waals surface area (Å²) in [4.78, 5) is 31.0. The van der Waals surface area contributed by atoms with Crippen molar-refractivity contribution in [1.82, 2.24) is 9.96 Å². The van der Waals surface area contributed by atoms with Crippen LogP contribution in [0.25, 0.3) is 0 Å². The summed E-state index contributed by atoms with van der Waals surface area (Å²) in [6.45, 7) is 6.73. The van der Waals surface area contributed by atoms with Crippen LogP contribution in [0.2, 0.25) is 18.1 Å². The molecule has 2 rings (SSSR count). The van der Waals surface area contributed by atoms with Crippen molar-refractivity contribution in [2.45, 2.75) is 69.7 Å². The molecule has 0 aliphatic carbocycles. The number of hydrogen-bond acceptors (Lipinski definition) is 6. The Bertz CT molecular complexity index is 507. The van der Waals surface area contributed by atoms with E-state index in [4.69, 9.17) is 18.7 Å². The van der Waals surface area contributed by atoms with Crippen LogP contribution >= 0.6 is 0 Å². The van der Waals surface area contributed by atoms with Gasteiger partial charge in [0.05, 0.1) is 32.3 Å². The minimum Gasteiger partial charge on any atom is -0.441 e. The SMILES string of the molecule is CC[Si](CC)(CC)O[C@@H]1[C@H]2[C@@H](CO[C@@H]1CC(=O)N(C)OC)OC(=O)N2C. The molecular formula is C17H32N2O6Si. The van der Waals surface area contributed by atoms with Crippen molar-refractivity contribution < 1.29 is 28.3 Å². The number of carbonyl (C=O) groups excluding carboxylic acids is 2. The molecule has 2 aliphatic heterocycles. The molecule has 2 amide bonds. The van der Waals surface area contributed by atoms with Crippen LogP contribution in [0.4, 0.5) is 4.79 Å². The monoisotopic (exact) mass is 388 g/mol. The Morgan fingerprint density at radius 1 is 1.31 bits per heavy atom. The van der Waals surface area contributed by atoms with Gasteiger partial charge in [-0.2, -0.15) is 0 Å². The molecule has 0 aromatic heterocycles. The van der Waals surface area contributed by atoms with Crippen LogP contribution in [0, 0.1) is 0 Å². The third-order valence-electron chi connectivity index (χ3n) is 5.87. The Labute approximate surface area is 156 Å². The molecule has 2 heterocycles. The van der Waals surface area contributed by atoms with Gasteiger partial charge in [0.15, 0.2) is 8.32 Å². The van der Waals surface area contributed by atoms with Gasteiger partial charge in [-0.15, -0.1) is 0 Å². The van der Waals surface area contributed by atoms with E-state index in [1.165, 1.54) is 12.2 Å². The Morgan fingerprint density at radius 3 is 2.46 bits per heavy atom. The van der Waals surface area contributed by atoms with Crippen LogP contribution in [-0.2, 0) is 23.5 Å². The van der Waals surface area contributed by atoms with E-state index in [0.717, 1.165) is 18.1 Å². The third kappa shape index (κ3) is 4.05. The number of hydrogen-bond donors (Lipinski definition) is 0. The van der Waals surface area contributed by atoms with Crippen molar-refractivity contribution in [3.63, 3.8) is 0 Å². The van der Waals surface area contributed by atoms with E-state index < -0.39 is 14.4 Å². The van der Waals surface area contributed by atoms with Gasteiger partial charge >= 0.3 is 6.09 Å². The van der Waals surface area contributed by atoms with Crippen LogP contribution in [0.15, 0.2) is 0 Å². The van der Waals surface area contributed by atoms with E-state index in [9.17, 15) is 9.59 Å². The molecule has 8 nitrogen and oxygen atoms in total. The molecule has 0 radical (unpaired) electrons. The average Bonchev–Trinajstić information content (AvgIpc) is 2.95. The lowest BCUT2D eigenvalue weighted by molar-refractivity contribution is -0.179. The van der Waals surface area contributed by atoms with Crippen molar-refractivity contribution in [3.8, 4) is 0 Å². The van der Waals surface area contributed by atoms with Gasteiger partial charge in [-0.3, -0.25) is 9.63 Å². The van der Waals surface area contributed by atoms with Crippen molar-refractivity contribution in [2.24, 2.45) is 0 Å². The summed E-state index contributed by atoms with van der Waals surface area (Å²) in [6.07, 6.45) is -1.40. The highest BCUT2D eigenvalue weighted by atomic mass is 28.4. The second-order valence-corrected chi connectivity index (χ2v) is 11.7. The second-order valence-electron chi connectivity index (χ2n) is 7.00. The molecule has 2 saturated heterocycles. The van der Waals surface area contributed by atoms with E-state index in [0.29, 0.717) is 0 Å². The Balaban J connectivity index is 2.28. The topological polar surface area (TPSA) is 77.5 Å². The van der Waals surface area contributed by atoms with Crippen LogP contribution in [-0.4, -0.2) is 82.4 Å². The van der Waals surface area contributed by atoms with Gasteiger partial charge in [0.1, 0.15) is 12.1 Å². The summed E-state index contributed by atoms with van der Waals surface area (Å²) in [5.41, 5.74) is 0. The molecule has 0 saturated carbocycles. The molecule has 2 aliphatic rings. The lowest BCUT2D eigenvalue weighted by atomic mass is 9.95. The number of hydroxylamine groups is 2. The molecule has 0 spiro atoms. The first kappa shape index (κ1) is 21.1. The zero-order valence-electron chi connectivity index (χ0n) is 16.7. The lowest BCUT2D eigenvalue weighted by Crippen LogP contribution is -2.60. The molecule has 0 aromatic carbocycles. The third-order valence-corrected chi connectivity index (χ3v) is 10.5. The van der Waals surface area contributed by atoms with E-state index in [1.54, 1.807) is 19.0 Å². The molecule has 150 valence electrons. The number of amides is 2. The number of fused-ring (bicyclic) bond motifs is 1. The fraction of sp³-hybridized carbons (Fsp3) is 0.882. The van der Waals surface area contributed by atoms with Crippen molar-refractivity contribution >= 4 is 20.3 Å². The zero-order chi connectivity index (χ0) is 19.5. The van der Waals surface area contributed by atoms with Crippen LogP contribution in [0.1, 0.15) is 27.2 Å². The van der Waals surface area contributed by atoms with Crippen molar-refractivity contribution in [2.75, 3.05) is 27.8 Å². The molecule has 2 fully saturated rings. The average molecular weight is 389 g/mol. The number of rotatable bonds is 8. The van der Waals surface area contributed by atoms with Gasteiger partial charge in [0.25, 0.3) is 0 Å². The zero-order valence-corrected chi connectivity index (χ0v) is 17.7. The summed E-state index contributed by atoms with van der Waals surface area (Å²) >= 11 is 0. The summed E-state index contributed by atoms with van der Waals surface area (Å²) in [7, 11) is 2.77. The van der Waals surface area contributed by atoms with Crippen LogP contribution < -0.4 is 0 Å². The minimum atomic E-state index is -1.97. The Hall–Kier alpha value is -1.16. The predicted octanol–water partition coefficient (Wildman–Crippen LogP) is 2.00. The minimum absolute atomic E-state index is 0.141. The molecule has 4 atom stereocenters. The second kappa shape index (κ2) is 8.68. The molecule has 9 heteroatoms. The largest absolute Gasteiger partial charge is 0.441 e. The van der Waals surface area contributed by atoms with E-state index >= 15 is 0 Å². The number of ether oxygens (including phenoxy) is 2. The molecule has 0 aromatic rings. The molecular weight excluding hydrogens is 356 g/mol. The summed E-state index contributed by atoms with van der Waals surface area (Å²) in [5, 5.41) is 1.19. The van der Waals surface area contributed by atoms with E-state index in [2.05, 4.69) is 20.8 Å². The smallest absolute Gasteiger partial charge is 0.410 e. The van der Waals surface area contributed by atoms with E-state index in [1.807, 2.05) is 0 Å². The van der Waals surface area contributed by atoms with Crippen molar-refractivity contribution in [1.29, 1.82) is 0 Å². The standard InChI is InChI=1S/C17H32N2O6Si/c1-7-26(8-2,9-3)25-16-12(10-14(20)19(5)22-6)23-11-13-15(16)18(4)17(21)24-13/h12-13,15-16H,7-11H2,1-6H3/t12-,13-,15-,16+/m1/s1. The number of likely N-dealkylation sites (N-methyl/N-ethyl adjacent to an activating group) is 1. The highest BCUT2D eigenvalue weighted by Crippen LogP contribution is 2.35. The normalized spacial score (nSPS) is 28.7. The Morgan fingerprint density at radius 2 is 1.92 bits per heavy atom. The lowest BCUT2D eigenvalue weighted by Gasteiger charge is -2.44. The number of nitrogens with zero attached hydrogens (tertiary/aromatic N) is 2. The first-order valence-corrected chi connectivity index (χ1v) is 11.9. The highest BCUT2D eigenvalue weighted by molar-refractivity contribution is 6.73. The predicted molar refractivity (Wildman–Crippen MR) is 98.0 cm³/mol. The molecule has 26 heavy (non-hydrogen) atoms. The van der Waals surface area contributed by atoms with Gasteiger partial charge in [-0.25, -0.2) is 9.86 Å². The van der Waals surface area contributed by atoms with E-state index in [-0.39, 0.29) is 43.3 Å². The molecule has 0 N–H and O–H groups in total. The maximum absolute atomic E-state index is 12.4. The van der Waals surface area contributed by atoms with Gasteiger partial charge in [0.2, 0.25) is 5.91 Å². The van der Waals surface area contributed by atoms with Gasteiger partial charge in [-0.05, 0) is 18.1 Å². The van der Waals surface area contributed by atoms with Crippen LogP contribution in [0.5, 0.6) is 0 Å².